The van der Waals surface area contributed by atoms with Gasteiger partial charge in [0.1, 0.15) is 17.3 Å². The highest BCUT2D eigenvalue weighted by molar-refractivity contribution is 7.09. The average Bonchev–Trinajstić information content (AvgIpc) is 3.26. The van der Waals surface area contributed by atoms with Crippen molar-refractivity contribution in [3.8, 4) is 11.5 Å². The van der Waals surface area contributed by atoms with Crippen molar-refractivity contribution in [3.63, 3.8) is 0 Å². The summed E-state index contributed by atoms with van der Waals surface area (Å²) in [5, 5.41) is 9.74. The molecule has 2 aromatic carbocycles. The molecule has 0 fully saturated rings. The molecule has 4 aromatic rings. The molecular weight excluding hydrogens is 372 g/mol. The van der Waals surface area contributed by atoms with Crippen LogP contribution in [0.25, 0.3) is 10.9 Å². The molecule has 0 aliphatic carbocycles. The summed E-state index contributed by atoms with van der Waals surface area (Å²) in [5.41, 5.74) is 1.63. The van der Waals surface area contributed by atoms with Crippen molar-refractivity contribution < 1.29 is 9.47 Å². The number of para-hydroxylation sites is 1. The van der Waals surface area contributed by atoms with Crippen LogP contribution < -0.4 is 20.1 Å². The molecule has 0 atom stereocenters. The van der Waals surface area contributed by atoms with Gasteiger partial charge in [0.25, 0.3) is 0 Å². The highest BCUT2D eigenvalue weighted by Crippen LogP contribution is 2.32. The molecule has 0 aliphatic rings. The third-order valence-electron chi connectivity index (χ3n) is 4.27. The lowest BCUT2D eigenvalue weighted by Gasteiger charge is -2.14. The van der Waals surface area contributed by atoms with Crippen molar-refractivity contribution in [2.75, 3.05) is 24.9 Å². The van der Waals surface area contributed by atoms with Crippen LogP contribution in [0.15, 0.2) is 60.0 Å². The lowest BCUT2D eigenvalue weighted by atomic mass is 10.2. The smallest absolute Gasteiger partial charge is 0.229 e. The molecule has 6 nitrogen and oxygen atoms in total. The number of nitrogens with zero attached hydrogens (tertiary/aromatic N) is 2. The van der Waals surface area contributed by atoms with Crippen LogP contribution in [0, 0.1) is 0 Å². The minimum atomic E-state index is 0.496. The molecule has 0 amide bonds. The van der Waals surface area contributed by atoms with Crippen LogP contribution in [0.1, 0.15) is 4.88 Å². The number of thiophene rings is 1. The molecule has 0 saturated heterocycles. The van der Waals surface area contributed by atoms with E-state index in [-0.39, 0.29) is 0 Å². The SMILES string of the molecule is COc1ccc(Nc2nc(NCc3cccs3)c3ccccc3n2)c(OC)c1. The van der Waals surface area contributed by atoms with Crippen LogP contribution in [0.4, 0.5) is 17.5 Å². The summed E-state index contributed by atoms with van der Waals surface area (Å²) in [4.78, 5) is 10.6. The number of methoxy groups -OCH3 is 2. The third-order valence-corrected chi connectivity index (χ3v) is 5.14. The van der Waals surface area contributed by atoms with E-state index < -0.39 is 0 Å². The Hall–Kier alpha value is -3.32. The monoisotopic (exact) mass is 392 g/mol. The summed E-state index contributed by atoms with van der Waals surface area (Å²) in [7, 11) is 3.25. The van der Waals surface area contributed by atoms with E-state index in [9.17, 15) is 0 Å². The Kier molecular flexibility index (Phi) is 5.25. The molecule has 2 aromatic heterocycles. The van der Waals surface area contributed by atoms with Crippen LogP contribution in [-0.2, 0) is 6.54 Å². The maximum atomic E-state index is 5.46. The highest BCUT2D eigenvalue weighted by atomic mass is 32.1. The number of benzene rings is 2. The highest BCUT2D eigenvalue weighted by Gasteiger charge is 2.11. The fourth-order valence-corrected chi connectivity index (χ4v) is 3.52. The predicted molar refractivity (Wildman–Crippen MR) is 114 cm³/mol. The average molecular weight is 392 g/mol. The minimum absolute atomic E-state index is 0.496. The molecule has 0 radical (unpaired) electrons. The van der Waals surface area contributed by atoms with E-state index in [2.05, 4.69) is 27.1 Å². The van der Waals surface area contributed by atoms with E-state index >= 15 is 0 Å². The first-order valence-electron chi connectivity index (χ1n) is 8.79. The first-order valence-corrected chi connectivity index (χ1v) is 9.67. The molecule has 142 valence electrons. The summed E-state index contributed by atoms with van der Waals surface area (Å²) in [6.45, 7) is 0.712. The number of nitrogens with one attached hydrogen (secondary N) is 2. The molecule has 2 N–H and O–H groups in total. The number of hydrogen-bond acceptors (Lipinski definition) is 7. The molecule has 7 heteroatoms. The molecule has 4 rings (SSSR count). The zero-order chi connectivity index (χ0) is 19.3. The number of rotatable bonds is 7. The maximum absolute atomic E-state index is 5.46. The number of hydrogen-bond donors (Lipinski definition) is 2. The zero-order valence-electron chi connectivity index (χ0n) is 15.6. The Morgan fingerprint density at radius 3 is 2.64 bits per heavy atom. The molecule has 0 spiro atoms. The van der Waals surface area contributed by atoms with Gasteiger partial charge < -0.3 is 20.1 Å². The summed E-state index contributed by atoms with van der Waals surface area (Å²) in [6.07, 6.45) is 0. The fraction of sp³-hybridized carbons (Fsp3) is 0.143. The first kappa shape index (κ1) is 18.1. The van der Waals surface area contributed by atoms with Gasteiger partial charge in [-0.05, 0) is 35.7 Å². The number of fused-ring (bicyclic) bond motifs is 1. The molecule has 0 unspecified atom stereocenters. The number of aromatic nitrogens is 2. The first-order chi connectivity index (χ1) is 13.8. The van der Waals surface area contributed by atoms with Crippen molar-refractivity contribution in [3.05, 3.63) is 64.9 Å². The van der Waals surface area contributed by atoms with Crippen molar-refractivity contribution in [1.82, 2.24) is 9.97 Å². The van der Waals surface area contributed by atoms with Gasteiger partial charge in [0.05, 0.1) is 32.0 Å². The van der Waals surface area contributed by atoms with Crippen molar-refractivity contribution in [1.29, 1.82) is 0 Å². The van der Waals surface area contributed by atoms with Gasteiger partial charge in [0.2, 0.25) is 5.95 Å². The molecule has 28 heavy (non-hydrogen) atoms. The van der Waals surface area contributed by atoms with Gasteiger partial charge in [-0.1, -0.05) is 18.2 Å². The summed E-state index contributed by atoms with van der Waals surface area (Å²) in [5.74, 6) is 2.66. The zero-order valence-corrected chi connectivity index (χ0v) is 16.4. The van der Waals surface area contributed by atoms with Crippen LogP contribution in [0.2, 0.25) is 0 Å². The largest absolute Gasteiger partial charge is 0.497 e. The molecule has 0 bridgehead atoms. The quantitative estimate of drug-likeness (QED) is 0.458. The second kappa shape index (κ2) is 8.14. The Balaban J connectivity index is 1.67. The van der Waals surface area contributed by atoms with E-state index in [0.717, 1.165) is 28.2 Å². The molecule has 2 heterocycles. The van der Waals surface area contributed by atoms with E-state index in [1.807, 2.05) is 48.5 Å². The van der Waals surface area contributed by atoms with Crippen molar-refractivity contribution in [2.45, 2.75) is 6.54 Å². The molecular formula is C21H20N4O2S. The van der Waals surface area contributed by atoms with Gasteiger partial charge in [-0.15, -0.1) is 11.3 Å². The number of ether oxygens (including phenoxy) is 2. The maximum Gasteiger partial charge on any atom is 0.229 e. The van der Waals surface area contributed by atoms with Gasteiger partial charge >= 0.3 is 0 Å². The molecule has 0 aliphatic heterocycles. The Morgan fingerprint density at radius 2 is 1.86 bits per heavy atom. The normalized spacial score (nSPS) is 10.6. The van der Waals surface area contributed by atoms with E-state index in [4.69, 9.17) is 14.5 Å². The van der Waals surface area contributed by atoms with Crippen molar-refractivity contribution in [2.24, 2.45) is 0 Å². The summed E-state index contributed by atoms with van der Waals surface area (Å²) < 4.78 is 10.7. The van der Waals surface area contributed by atoms with Gasteiger partial charge in [-0.3, -0.25) is 0 Å². The fourth-order valence-electron chi connectivity index (χ4n) is 2.87. The third kappa shape index (κ3) is 3.84. The van der Waals surface area contributed by atoms with Crippen LogP contribution in [-0.4, -0.2) is 24.2 Å². The van der Waals surface area contributed by atoms with Gasteiger partial charge in [0, 0.05) is 16.3 Å². The van der Waals surface area contributed by atoms with Crippen molar-refractivity contribution >= 4 is 39.7 Å². The van der Waals surface area contributed by atoms with Gasteiger partial charge in [0.15, 0.2) is 0 Å². The number of anilines is 3. The van der Waals surface area contributed by atoms with E-state index in [1.165, 1.54) is 4.88 Å². The Morgan fingerprint density at radius 1 is 0.964 bits per heavy atom. The molecule has 0 saturated carbocycles. The minimum Gasteiger partial charge on any atom is -0.497 e. The topological polar surface area (TPSA) is 68.3 Å². The second-order valence-electron chi connectivity index (χ2n) is 6.04. The lowest BCUT2D eigenvalue weighted by Crippen LogP contribution is -2.05. The van der Waals surface area contributed by atoms with Gasteiger partial charge in [-0.2, -0.15) is 4.98 Å². The standard InChI is InChI=1S/C21H20N4O2S/c1-26-14-9-10-18(19(12-14)27-2)24-21-23-17-8-4-3-7-16(17)20(25-21)22-13-15-6-5-11-28-15/h3-12H,13H2,1-2H3,(H2,22,23,24,25). The summed E-state index contributed by atoms with van der Waals surface area (Å²) in [6, 6.07) is 17.7. The van der Waals surface area contributed by atoms with E-state index in [1.54, 1.807) is 25.6 Å². The lowest BCUT2D eigenvalue weighted by molar-refractivity contribution is 0.395. The Labute approximate surface area is 167 Å². The summed E-state index contributed by atoms with van der Waals surface area (Å²) >= 11 is 1.71. The van der Waals surface area contributed by atoms with Crippen LogP contribution in [0.3, 0.4) is 0 Å². The van der Waals surface area contributed by atoms with E-state index in [0.29, 0.717) is 18.2 Å². The Bertz CT molecular complexity index is 1080. The van der Waals surface area contributed by atoms with Crippen LogP contribution in [0.5, 0.6) is 11.5 Å². The predicted octanol–water partition coefficient (Wildman–Crippen LogP) is 5.06. The van der Waals surface area contributed by atoms with Crippen LogP contribution >= 0.6 is 11.3 Å². The second-order valence-corrected chi connectivity index (χ2v) is 7.07. The van der Waals surface area contributed by atoms with Gasteiger partial charge in [-0.25, -0.2) is 4.98 Å².